The second-order valence-electron chi connectivity index (χ2n) is 6.46. The maximum atomic E-state index is 13.0. The maximum absolute atomic E-state index is 13.0. The van der Waals surface area contributed by atoms with E-state index in [4.69, 9.17) is 21.7 Å². The SMILES string of the molecule is COc1ccc(/C=C2/SC(=S)N(C(C)C)C2=O)cc1COc1ccc(F)cc1. The lowest BCUT2D eigenvalue weighted by Crippen LogP contribution is -2.34. The number of amides is 1. The summed E-state index contributed by atoms with van der Waals surface area (Å²) in [6, 6.07) is 11.5. The van der Waals surface area contributed by atoms with E-state index < -0.39 is 0 Å². The second-order valence-corrected chi connectivity index (χ2v) is 8.14. The summed E-state index contributed by atoms with van der Waals surface area (Å²) in [5.74, 6) is 0.844. The summed E-state index contributed by atoms with van der Waals surface area (Å²) < 4.78 is 24.7. The van der Waals surface area contributed by atoms with Gasteiger partial charge in [0, 0.05) is 11.6 Å². The van der Waals surface area contributed by atoms with Gasteiger partial charge < -0.3 is 9.47 Å². The van der Waals surface area contributed by atoms with Gasteiger partial charge in [0.05, 0.1) is 12.0 Å². The van der Waals surface area contributed by atoms with E-state index in [1.807, 2.05) is 38.1 Å². The zero-order chi connectivity index (χ0) is 20.3. The summed E-state index contributed by atoms with van der Waals surface area (Å²) in [5.41, 5.74) is 1.67. The Morgan fingerprint density at radius 3 is 2.54 bits per heavy atom. The van der Waals surface area contributed by atoms with Crippen LogP contribution >= 0.6 is 24.0 Å². The van der Waals surface area contributed by atoms with Crippen LogP contribution in [0, 0.1) is 5.82 Å². The van der Waals surface area contributed by atoms with Crippen molar-refractivity contribution in [3.05, 3.63) is 64.3 Å². The van der Waals surface area contributed by atoms with Crippen LogP contribution in [-0.2, 0) is 11.4 Å². The summed E-state index contributed by atoms with van der Waals surface area (Å²) >= 11 is 6.62. The highest BCUT2D eigenvalue weighted by atomic mass is 32.2. The number of methoxy groups -OCH3 is 1. The molecule has 1 saturated heterocycles. The molecular weight excluding hydrogens is 397 g/mol. The van der Waals surface area contributed by atoms with Gasteiger partial charge in [0.1, 0.15) is 28.2 Å². The number of thioether (sulfide) groups is 1. The van der Waals surface area contributed by atoms with Gasteiger partial charge in [-0.3, -0.25) is 9.69 Å². The fourth-order valence-electron chi connectivity index (χ4n) is 2.77. The fraction of sp³-hybridized carbons (Fsp3) is 0.238. The molecule has 7 heteroatoms. The van der Waals surface area contributed by atoms with Crippen LogP contribution in [0.5, 0.6) is 11.5 Å². The predicted octanol–water partition coefficient (Wildman–Crippen LogP) is 5.02. The van der Waals surface area contributed by atoms with Gasteiger partial charge in [-0.25, -0.2) is 4.39 Å². The molecule has 1 aliphatic rings. The molecule has 0 unspecified atom stereocenters. The van der Waals surface area contributed by atoms with Crippen LogP contribution in [0.1, 0.15) is 25.0 Å². The average molecular weight is 418 g/mol. The largest absolute Gasteiger partial charge is 0.496 e. The lowest BCUT2D eigenvalue weighted by molar-refractivity contribution is -0.123. The number of carbonyl (C=O) groups is 1. The van der Waals surface area contributed by atoms with E-state index in [9.17, 15) is 9.18 Å². The molecule has 0 spiro atoms. The summed E-state index contributed by atoms with van der Waals surface area (Å²) in [6.45, 7) is 4.13. The number of hydrogen-bond donors (Lipinski definition) is 0. The van der Waals surface area contributed by atoms with E-state index in [2.05, 4.69) is 0 Å². The maximum Gasteiger partial charge on any atom is 0.266 e. The Balaban J connectivity index is 1.81. The van der Waals surface area contributed by atoms with Crippen LogP contribution in [0.25, 0.3) is 6.08 Å². The normalized spacial score (nSPS) is 15.6. The van der Waals surface area contributed by atoms with E-state index in [0.717, 1.165) is 11.1 Å². The molecule has 2 aromatic rings. The van der Waals surface area contributed by atoms with Gasteiger partial charge >= 0.3 is 0 Å². The number of carbonyl (C=O) groups excluding carboxylic acids is 1. The van der Waals surface area contributed by atoms with Crippen LogP contribution < -0.4 is 9.47 Å². The Morgan fingerprint density at radius 2 is 1.93 bits per heavy atom. The minimum atomic E-state index is -0.314. The molecule has 1 amide bonds. The molecule has 0 radical (unpaired) electrons. The minimum absolute atomic E-state index is 0.0222. The molecule has 0 aromatic heterocycles. The first-order chi connectivity index (χ1) is 13.4. The van der Waals surface area contributed by atoms with Crippen molar-refractivity contribution in [2.75, 3.05) is 7.11 Å². The van der Waals surface area contributed by atoms with Crippen LogP contribution in [-0.4, -0.2) is 28.3 Å². The molecule has 0 bridgehead atoms. The molecule has 0 aliphatic carbocycles. The van der Waals surface area contributed by atoms with Gasteiger partial charge in [0.15, 0.2) is 0 Å². The molecule has 1 aliphatic heterocycles. The third kappa shape index (κ3) is 4.54. The van der Waals surface area contributed by atoms with Gasteiger partial charge in [-0.05, 0) is 61.9 Å². The van der Waals surface area contributed by atoms with Crippen molar-refractivity contribution >= 4 is 40.3 Å². The van der Waals surface area contributed by atoms with Crippen molar-refractivity contribution in [3.63, 3.8) is 0 Å². The molecule has 0 atom stereocenters. The fourth-order valence-corrected chi connectivity index (χ4v) is 4.29. The van der Waals surface area contributed by atoms with Gasteiger partial charge in [0.2, 0.25) is 0 Å². The lowest BCUT2D eigenvalue weighted by atomic mass is 10.1. The molecule has 28 heavy (non-hydrogen) atoms. The number of rotatable bonds is 6. The molecule has 4 nitrogen and oxygen atoms in total. The standard InChI is InChI=1S/C21H20FNO3S2/c1-13(2)23-20(24)19(28-21(23)27)11-14-4-9-18(25-3)15(10-14)12-26-17-7-5-16(22)6-8-17/h4-11,13H,12H2,1-3H3/b19-11+. The number of hydrogen-bond acceptors (Lipinski definition) is 5. The number of ether oxygens (including phenoxy) is 2. The van der Waals surface area contributed by atoms with Crippen molar-refractivity contribution in [2.24, 2.45) is 0 Å². The van der Waals surface area contributed by atoms with E-state index in [0.29, 0.717) is 20.7 Å². The van der Waals surface area contributed by atoms with Crippen molar-refractivity contribution in [2.45, 2.75) is 26.5 Å². The molecule has 1 fully saturated rings. The van der Waals surface area contributed by atoms with Crippen molar-refractivity contribution in [3.8, 4) is 11.5 Å². The van der Waals surface area contributed by atoms with E-state index in [1.54, 1.807) is 24.1 Å². The Morgan fingerprint density at radius 1 is 1.21 bits per heavy atom. The van der Waals surface area contributed by atoms with Crippen LogP contribution in [0.2, 0.25) is 0 Å². The predicted molar refractivity (Wildman–Crippen MR) is 114 cm³/mol. The first-order valence-electron chi connectivity index (χ1n) is 8.71. The number of thiocarbonyl (C=S) groups is 1. The molecule has 0 N–H and O–H groups in total. The number of benzene rings is 2. The zero-order valence-electron chi connectivity index (χ0n) is 15.8. The molecule has 146 valence electrons. The number of halogens is 1. The summed E-state index contributed by atoms with van der Waals surface area (Å²) in [5, 5.41) is 0. The zero-order valence-corrected chi connectivity index (χ0v) is 17.4. The molecule has 1 heterocycles. The van der Waals surface area contributed by atoms with Gasteiger partial charge in [-0.2, -0.15) is 0 Å². The van der Waals surface area contributed by atoms with E-state index >= 15 is 0 Å². The lowest BCUT2D eigenvalue weighted by Gasteiger charge is -2.18. The monoisotopic (exact) mass is 417 g/mol. The first kappa shape index (κ1) is 20.4. The summed E-state index contributed by atoms with van der Waals surface area (Å²) in [7, 11) is 1.59. The highest BCUT2D eigenvalue weighted by Crippen LogP contribution is 2.34. The highest BCUT2D eigenvalue weighted by molar-refractivity contribution is 8.26. The van der Waals surface area contributed by atoms with Crippen LogP contribution in [0.3, 0.4) is 0 Å². The third-order valence-electron chi connectivity index (χ3n) is 4.15. The average Bonchev–Trinajstić information content (AvgIpc) is 2.94. The van der Waals surface area contributed by atoms with E-state index in [-0.39, 0.29) is 24.4 Å². The van der Waals surface area contributed by atoms with Crippen molar-refractivity contribution in [1.29, 1.82) is 0 Å². The van der Waals surface area contributed by atoms with Gasteiger partial charge in [-0.15, -0.1) is 0 Å². The van der Waals surface area contributed by atoms with E-state index in [1.165, 1.54) is 23.9 Å². The third-order valence-corrected chi connectivity index (χ3v) is 5.48. The number of nitrogens with zero attached hydrogens (tertiary/aromatic N) is 1. The van der Waals surface area contributed by atoms with Gasteiger partial charge in [0.25, 0.3) is 5.91 Å². The smallest absolute Gasteiger partial charge is 0.266 e. The van der Waals surface area contributed by atoms with Crippen molar-refractivity contribution in [1.82, 2.24) is 4.90 Å². The summed E-state index contributed by atoms with van der Waals surface area (Å²) in [4.78, 5) is 14.8. The molecule has 2 aromatic carbocycles. The molecular formula is C21H20FNO3S2. The second kappa shape index (κ2) is 8.75. The van der Waals surface area contributed by atoms with Crippen LogP contribution in [0.4, 0.5) is 4.39 Å². The summed E-state index contributed by atoms with van der Waals surface area (Å²) in [6.07, 6.45) is 1.82. The Bertz CT molecular complexity index is 926. The highest BCUT2D eigenvalue weighted by Gasteiger charge is 2.33. The Hall–Kier alpha value is -2.38. The Labute approximate surface area is 173 Å². The van der Waals surface area contributed by atoms with Crippen molar-refractivity contribution < 1.29 is 18.7 Å². The molecule has 0 saturated carbocycles. The quantitative estimate of drug-likeness (QED) is 0.487. The van der Waals surface area contributed by atoms with Gasteiger partial charge in [-0.1, -0.05) is 30.0 Å². The molecule has 3 rings (SSSR count). The Kier molecular flexibility index (Phi) is 6.36. The minimum Gasteiger partial charge on any atom is -0.496 e. The topological polar surface area (TPSA) is 38.8 Å². The first-order valence-corrected chi connectivity index (χ1v) is 9.94. The van der Waals surface area contributed by atoms with Crippen LogP contribution in [0.15, 0.2) is 47.4 Å².